The van der Waals surface area contributed by atoms with E-state index in [0.717, 1.165) is 51.6 Å². The molecule has 330 valence electrons. The van der Waals surface area contributed by atoms with Gasteiger partial charge in [-0.25, -0.2) is 4.79 Å². The second-order valence-electron chi connectivity index (χ2n) is 13.2. The zero-order valence-electron chi connectivity index (χ0n) is 35.1. The van der Waals surface area contributed by atoms with Gasteiger partial charge in [0.2, 0.25) is 11.8 Å². The van der Waals surface area contributed by atoms with Crippen LogP contribution >= 0.6 is 0 Å². The van der Waals surface area contributed by atoms with Crippen molar-refractivity contribution >= 4 is 41.3 Å². The largest absolute Gasteiger partial charge is 1.00 e. The molecule has 0 aromatic carbocycles. The number of hydrogen-bond acceptors (Lipinski definition) is 16. The van der Waals surface area contributed by atoms with Gasteiger partial charge in [0.25, 0.3) is 0 Å². The number of ether oxygens (including phenoxy) is 5. The van der Waals surface area contributed by atoms with Gasteiger partial charge in [-0.2, -0.15) is 0 Å². The van der Waals surface area contributed by atoms with Gasteiger partial charge in [0.15, 0.2) is 17.2 Å². The summed E-state index contributed by atoms with van der Waals surface area (Å²) in [6.45, 7) is 13.8. The summed E-state index contributed by atoms with van der Waals surface area (Å²) >= 11 is 0. The van der Waals surface area contributed by atoms with Crippen LogP contribution in [0, 0.1) is 0 Å². The number of aliphatic carboxylic acids is 1. The van der Waals surface area contributed by atoms with Gasteiger partial charge in [0.1, 0.15) is 11.2 Å². The molecule has 10 N–H and O–H groups in total. The van der Waals surface area contributed by atoms with Crippen LogP contribution in [0.1, 0.15) is 119 Å². The van der Waals surface area contributed by atoms with Crippen LogP contribution in [0.2, 0.25) is 0 Å². The van der Waals surface area contributed by atoms with E-state index in [-0.39, 0.29) is 59.7 Å². The molecule has 57 heavy (non-hydrogen) atoms. The van der Waals surface area contributed by atoms with Crippen LogP contribution in [0.4, 0.5) is 0 Å². The molecular formula is C36H68LiN3O17. The molecule has 0 radical (unpaired) electrons. The van der Waals surface area contributed by atoms with Crippen LogP contribution in [0.15, 0.2) is 0 Å². The smallest absolute Gasteiger partial charge is 0.870 e. The molecule has 0 aromatic rings. The van der Waals surface area contributed by atoms with Gasteiger partial charge in [0.05, 0.1) is 19.2 Å². The maximum absolute atomic E-state index is 11.5. The van der Waals surface area contributed by atoms with Crippen LogP contribution < -0.4 is 35.2 Å². The first-order chi connectivity index (χ1) is 25.4. The number of esters is 2. The van der Waals surface area contributed by atoms with Gasteiger partial charge in [-0.05, 0) is 91.4 Å². The number of carbonyl (C=O) groups excluding carboxylic acids is 6. The molecule has 4 fully saturated rings. The Labute approximate surface area is 347 Å². The van der Waals surface area contributed by atoms with E-state index >= 15 is 0 Å². The van der Waals surface area contributed by atoms with Gasteiger partial charge in [-0.15, -0.1) is 0 Å². The Hall–Kier alpha value is -2.87. The normalized spacial score (nSPS) is 24.1. The van der Waals surface area contributed by atoms with Gasteiger partial charge < -0.3 is 56.1 Å². The number of carboxylic acids is 1. The van der Waals surface area contributed by atoms with Crippen molar-refractivity contribution in [2.24, 2.45) is 5.73 Å². The fourth-order valence-corrected chi connectivity index (χ4v) is 5.54. The molecule has 0 bridgehead atoms. The van der Waals surface area contributed by atoms with E-state index in [9.17, 15) is 33.6 Å². The summed E-state index contributed by atoms with van der Waals surface area (Å²) in [5.41, 5.74) is 2.89. The molecule has 4 unspecified atom stereocenters. The molecule has 2 amide bonds. The molecular weight excluding hydrogens is 753 g/mol. The third-order valence-electron chi connectivity index (χ3n) is 8.75. The molecule has 4 aliphatic heterocycles. The number of carbonyl (C=O) groups is 7. The minimum atomic E-state index is -1.20. The molecule has 0 saturated carbocycles. The SMILES string of the molecule is CC(=O)C1(CN)CCCCO1.CC(=O)NCC1(C(=O)O)CCCCO1.CC(=O)NCC1(C(C)=O)CCCCO1.CC(=O)OC(C)=O.CC1CCCO1.O.OO.[Li+].[OH-]. The molecule has 0 spiro atoms. The number of nitrogens with two attached hydrogens (primary N) is 1. The minimum absolute atomic E-state index is 0. The van der Waals surface area contributed by atoms with Crippen LogP contribution in [0.5, 0.6) is 0 Å². The number of nitrogens with one attached hydrogen (secondary N) is 2. The molecule has 0 aromatic heterocycles. The van der Waals surface area contributed by atoms with Crippen LogP contribution in [0.3, 0.4) is 0 Å². The Balaban J connectivity index is -0.000000199. The molecule has 4 aliphatic rings. The van der Waals surface area contributed by atoms with E-state index in [1.165, 1.54) is 47.5 Å². The van der Waals surface area contributed by atoms with Crippen LogP contribution in [-0.4, -0.2) is 137 Å². The summed E-state index contributed by atoms with van der Waals surface area (Å²) in [4.78, 5) is 74.7. The Morgan fingerprint density at radius 3 is 1.21 bits per heavy atom. The first kappa shape index (κ1) is 63.3. The number of carboxylic acid groups (broad SMARTS) is 1. The maximum atomic E-state index is 11.5. The van der Waals surface area contributed by atoms with E-state index in [0.29, 0.717) is 51.9 Å². The molecule has 4 heterocycles. The number of rotatable bonds is 8. The number of hydrogen-bond donors (Lipinski definition) is 6. The Morgan fingerprint density at radius 1 is 0.649 bits per heavy atom. The predicted octanol–water partition coefficient (Wildman–Crippen LogP) is -1.43. The predicted molar refractivity (Wildman–Crippen MR) is 201 cm³/mol. The van der Waals surface area contributed by atoms with Crippen molar-refractivity contribution in [3.05, 3.63) is 0 Å². The number of amides is 2. The van der Waals surface area contributed by atoms with E-state index in [1.807, 2.05) is 0 Å². The monoisotopic (exact) mass is 821 g/mol. The Morgan fingerprint density at radius 2 is 1.02 bits per heavy atom. The maximum Gasteiger partial charge on any atom is 1.00 e. The van der Waals surface area contributed by atoms with E-state index in [2.05, 4.69) is 22.3 Å². The third-order valence-corrected chi connectivity index (χ3v) is 8.75. The Bertz CT molecular complexity index is 1090. The first-order valence-electron chi connectivity index (χ1n) is 18.2. The topological polar surface area (TPSA) is 338 Å². The van der Waals surface area contributed by atoms with Crippen molar-refractivity contribution < 1.29 is 103 Å². The summed E-state index contributed by atoms with van der Waals surface area (Å²) in [5, 5.41) is 26.2. The van der Waals surface area contributed by atoms with E-state index in [4.69, 9.17) is 40.3 Å². The zero-order chi connectivity index (χ0) is 41.8. The molecule has 21 heteroatoms. The average molecular weight is 822 g/mol. The summed E-state index contributed by atoms with van der Waals surface area (Å²) < 4.78 is 25.3. The number of Topliss-reactive ketones (excluding diaryl/α,β-unsaturated/α-hetero) is 2. The summed E-state index contributed by atoms with van der Waals surface area (Å²) in [6.07, 6.45) is 10.8. The second kappa shape index (κ2) is 35.1. The van der Waals surface area contributed by atoms with Crippen molar-refractivity contribution in [3.63, 3.8) is 0 Å². The second-order valence-corrected chi connectivity index (χ2v) is 13.2. The van der Waals surface area contributed by atoms with Crippen LogP contribution in [-0.2, 0) is 57.2 Å². The van der Waals surface area contributed by atoms with Crippen molar-refractivity contribution in [1.82, 2.24) is 10.6 Å². The van der Waals surface area contributed by atoms with E-state index in [1.54, 1.807) is 6.92 Å². The fraction of sp³-hybridized carbons (Fsp3) is 0.806. The van der Waals surface area contributed by atoms with Crippen LogP contribution in [0.25, 0.3) is 0 Å². The molecule has 20 nitrogen and oxygen atoms in total. The molecule has 4 atom stereocenters. The van der Waals surface area contributed by atoms with Crippen molar-refractivity contribution in [2.75, 3.05) is 46.1 Å². The Kier molecular flexibility index (Phi) is 39.0. The summed E-state index contributed by atoms with van der Waals surface area (Å²) in [6, 6.07) is 0. The molecule has 4 saturated heterocycles. The quantitative estimate of drug-likeness (QED) is 0.0537. The van der Waals surface area contributed by atoms with Gasteiger partial charge >= 0.3 is 36.8 Å². The van der Waals surface area contributed by atoms with E-state index < -0.39 is 34.7 Å². The standard InChI is InChI=1S/C10H17NO3.C9H15NO4.C8H15NO2.C5H10O.C4H6O3.Li.H2O2.2H2O/c1-8(12)10(7-11-9(2)13)5-3-4-6-14-10;1-7(11)10-6-9(8(12)13)4-2-3-5-14-9;1-7(10)8(6-9)4-2-3-5-11-8;1-5-3-2-4-6-5;1-3(5)7-4(2)6;;1-2;;/h3-7H2,1-2H3,(H,11,13);2-6H2,1H3,(H,10,11)(H,12,13);2-6,9H2,1H3;5H,2-4H2,1H3;1-2H3;;1-2H;2*1H2/q;;;;;+1;;;/p-1. The van der Waals surface area contributed by atoms with Gasteiger partial charge in [-0.1, -0.05) is 0 Å². The molecule has 4 rings (SSSR count). The average Bonchev–Trinajstić information content (AvgIpc) is 3.63. The summed E-state index contributed by atoms with van der Waals surface area (Å²) in [7, 11) is 0. The first-order valence-corrected chi connectivity index (χ1v) is 18.2. The van der Waals surface area contributed by atoms with Crippen molar-refractivity contribution in [3.8, 4) is 0 Å². The molecule has 0 aliphatic carbocycles. The van der Waals surface area contributed by atoms with Gasteiger partial charge in [-0.3, -0.25) is 39.3 Å². The van der Waals surface area contributed by atoms with Crippen molar-refractivity contribution in [2.45, 2.75) is 142 Å². The fourth-order valence-electron chi connectivity index (χ4n) is 5.54. The number of ketones is 2. The van der Waals surface area contributed by atoms with Gasteiger partial charge in [0, 0.05) is 60.7 Å². The third kappa shape index (κ3) is 27.5. The zero-order valence-corrected chi connectivity index (χ0v) is 35.1. The van der Waals surface area contributed by atoms with Crippen molar-refractivity contribution in [1.29, 1.82) is 0 Å². The minimum Gasteiger partial charge on any atom is -0.870 e. The summed E-state index contributed by atoms with van der Waals surface area (Å²) in [5.74, 6) is -2.41.